The number of nitrogens with one attached hydrogen (secondary N) is 2. The summed E-state index contributed by atoms with van der Waals surface area (Å²) in [5, 5.41) is 5.04. The Balaban J connectivity index is 1.33. The van der Waals surface area contributed by atoms with E-state index in [4.69, 9.17) is 9.47 Å². The van der Waals surface area contributed by atoms with E-state index >= 15 is 0 Å². The molecule has 298 valence electrons. The van der Waals surface area contributed by atoms with Gasteiger partial charge in [0.1, 0.15) is 24.7 Å². The quantitative estimate of drug-likeness (QED) is 0.0733. The van der Waals surface area contributed by atoms with Crippen molar-refractivity contribution in [3.8, 4) is 11.5 Å². The fourth-order valence-electron chi connectivity index (χ4n) is 5.29. The molecular formula is C38H31Br4F5N2O7. The highest BCUT2D eigenvalue weighted by molar-refractivity contribution is 9.11. The van der Waals surface area contributed by atoms with Crippen LogP contribution in [0.25, 0.3) is 0 Å². The third-order valence-electron chi connectivity index (χ3n) is 7.52. The van der Waals surface area contributed by atoms with Gasteiger partial charge >= 0.3 is 18.1 Å². The molecule has 18 heteroatoms. The summed E-state index contributed by atoms with van der Waals surface area (Å²) in [6.07, 6.45) is -10.4. The van der Waals surface area contributed by atoms with Crippen LogP contribution in [0.15, 0.2) is 78.6 Å². The van der Waals surface area contributed by atoms with Crippen molar-refractivity contribution in [2.24, 2.45) is 0 Å². The Kier molecular flexibility index (Phi) is 15.6. The van der Waals surface area contributed by atoms with Crippen LogP contribution in [0.5, 0.6) is 11.5 Å². The number of halogens is 9. The van der Waals surface area contributed by atoms with Crippen LogP contribution in [0.2, 0.25) is 0 Å². The summed E-state index contributed by atoms with van der Waals surface area (Å²) in [5.74, 6) is -3.44. The highest BCUT2D eigenvalue weighted by Crippen LogP contribution is 2.38. The third-order valence-corrected chi connectivity index (χ3v) is 9.88. The maximum absolute atomic E-state index is 15.0. The topological polar surface area (TPSA) is 120 Å². The molecule has 4 aromatic carbocycles. The SMILES string of the molecule is CC(=O)Nc1cc(C)cc(COc2c(Br)cc(CC(F)C(=O)OC(=O)C(F)Cc3cc(Br)c(OCc4cc(NC(C)=O)cc(C(F)(F)F)c4)c(Br)c3)cc2Br)c1. The number of esters is 2. The number of carbonyl (C=O) groups is 4. The first-order chi connectivity index (χ1) is 26.2. The van der Waals surface area contributed by atoms with Gasteiger partial charge in [-0.15, -0.1) is 0 Å². The minimum Gasteiger partial charge on any atom is -0.487 e. The van der Waals surface area contributed by atoms with Crippen molar-refractivity contribution in [1.29, 1.82) is 0 Å². The molecule has 2 N–H and O–H groups in total. The van der Waals surface area contributed by atoms with E-state index in [0.717, 1.165) is 30.2 Å². The van der Waals surface area contributed by atoms with Gasteiger partial charge in [0.25, 0.3) is 0 Å². The Morgan fingerprint density at radius 1 is 0.607 bits per heavy atom. The van der Waals surface area contributed by atoms with Crippen LogP contribution in [-0.2, 0) is 56.1 Å². The average molecular weight is 1040 g/mol. The molecule has 0 aromatic heterocycles. The number of ether oxygens (including phenoxy) is 3. The molecule has 2 atom stereocenters. The Morgan fingerprint density at radius 3 is 1.39 bits per heavy atom. The minimum absolute atomic E-state index is 0.0746. The summed E-state index contributed by atoms with van der Waals surface area (Å²) in [6, 6.07) is 14.3. The zero-order chi connectivity index (χ0) is 41.5. The van der Waals surface area contributed by atoms with Crippen LogP contribution in [-0.4, -0.2) is 36.1 Å². The third kappa shape index (κ3) is 13.1. The van der Waals surface area contributed by atoms with Gasteiger partial charge in [-0.05, 0) is 153 Å². The summed E-state index contributed by atoms with van der Waals surface area (Å²) in [7, 11) is 0. The Labute approximate surface area is 351 Å². The van der Waals surface area contributed by atoms with Crippen molar-refractivity contribution in [1.82, 2.24) is 0 Å². The number of aryl methyl sites for hydroxylation is 1. The first-order valence-electron chi connectivity index (χ1n) is 16.3. The van der Waals surface area contributed by atoms with Crippen molar-refractivity contribution in [2.75, 3.05) is 10.6 Å². The van der Waals surface area contributed by atoms with Crippen molar-refractivity contribution in [3.05, 3.63) is 112 Å². The lowest BCUT2D eigenvalue weighted by atomic mass is 10.1. The van der Waals surface area contributed by atoms with Crippen molar-refractivity contribution in [2.45, 2.75) is 65.3 Å². The molecule has 2 unspecified atom stereocenters. The normalized spacial score (nSPS) is 12.4. The van der Waals surface area contributed by atoms with E-state index in [2.05, 4.69) is 79.1 Å². The van der Waals surface area contributed by atoms with Gasteiger partial charge in [-0.1, -0.05) is 6.07 Å². The minimum atomic E-state index is -4.68. The van der Waals surface area contributed by atoms with E-state index in [1.807, 2.05) is 19.1 Å². The van der Waals surface area contributed by atoms with E-state index in [9.17, 15) is 41.1 Å². The number of rotatable bonds is 14. The number of benzene rings is 4. The zero-order valence-corrected chi connectivity index (χ0v) is 35.9. The molecule has 0 aliphatic heterocycles. The number of amides is 2. The van der Waals surface area contributed by atoms with Crippen molar-refractivity contribution < 1.29 is 55.3 Å². The molecule has 0 aliphatic rings. The van der Waals surface area contributed by atoms with Crippen molar-refractivity contribution >= 4 is 98.8 Å². The monoisotopic (exact) mass is 1040 g/mol. The van der Waals surface area contributed by atoms with Gasteiger partial charge < -0.3 is 24.8 Å². The van der Waals surface area contributed by atoms with Gasteiger partial charge in [0, 0.05) is 38.1 Å². The van der Waals surface area contributed by atoms with Gasteiger partial charge in [0.05, 0.1) is 23.5 Å². The van der Waals surface area contributed by atoms with E-state index < -0.39 is 54.8 Å². The largest absolute Gasteiger partial charge is 0.487 e. The molecule has 0 aliphatic carbocycles. The molecule has 4 aromatic rings. The van der Waals surface area contributed by atoms with Gasteiger partial charge in [0.15, 0.2) is 0 Å². The average Bonchev–Trinajstić information content (AvgIpc) is 3.06. The van der Waals surface area contributed by atoms with Gasteiger partial charge in [-0.3, -0.25) is 9.59 Å². The molecule has 0 fully saturated rings. The highest BCUT2D eigenvalue weighted by atomic mass is 79.9. The Hall–Kier alpha value is -3.87. The molecule has 0 saturated carbocycles. The summed E-state index contributed by atoms with van der Waals surface area (Å²) in [6.45, 7) is 4.21. The van der Waals surface area contributed by atoms with Crippen molar-refractivity contribution in [3.63, 3.8) is 0 Å². The summed E-state index contributed by atoms with van der Waals surface area (Å²) in [5.41, 5.74) is 1.87. The van der Waals surface area contributed by atoms with E-state index in [1.54, 1.807) is 6.07 Å². The molecule has 9 nitrogen and oxygen atoms in total. The molecule has 56 heavy (non-hydrogen) atoms. The molecule has 0 saturated heterocycles. The number of hydrogen-bond donors (Lipinski definition) is 2. The Bertz CT molecular complexity index is 2110. The zero-order valence-electron chi connectivity index (χ0n) is 29.5. The van der Waals surface area contributed by atoms with E-state index in [-0.39, 0.29) is 50.6 Å². The molecule has 0 bridgehead atoms. The fraction of sp³-hybridized carbons (Fsp3) is 0.263. The van der Waals surface area contributed by atoms with Crippen LogP contribution < -0.4 is 20.1 Å². The van der Waals surface area contributed by atoms with Gasteiger partial charge in [-0.25, -0.2) is 18.4 Å². The smallest absolute Gasteiger partial charge is 0.416 e. The van der Waals surface area contributed by atoms with Gasteiger partial charge in [-0.2, -0.15) is 13.2 Å². The molecule has 2 amide bonds. The predicted molar refractivity (Wildman–Crippen MR) is 212 cm³/mol. The first kappa shape index (κ1) is 44.8. The predicted octanol–water partition coefficient (Wildman–Crippen LogP) is 10.7. The fourth-order valence-corrected chi connectivity index (χ4v) is 8.31. The van der Waals surface area contributed by atoms with Crippen LogP contribution >= 0.6 is 63.7 Å². The number of carbonyl (C=O) groups excluding carboxylic acids is 4. The van der Waals surface area contributed by atoms with Crippen LogP contribution in [0.4, 0.5) is 33.3 Å². The summed E-state index contributed by atoms with van der Waals surface area (Å²) >= 11 is 13.3. The van der Waals surface area contributed by atoms with E-state index in [1.165, 1.54) is 37.3 Å². The lowest BCUT2D eigenvalue weighted by Crippen LogP contribution is -2.29. The Morgan fingerprint density at radius 2 is 1.00 bits per heavy atom. The summed E-state index contributed by atoms with van der Waals surface area (Å²) in [4.78, 5) is 47.8. The van der Waals surface area contributed by atoms with Gasteiger partial charge in [0.2, 0.25) is 24.2 Å². The second-order valence-electron chi connectivity index (χ2n) is 12.4. The molecular weight excluding hydrogens is 1010 g/mol. The maximum atomic E-state index is 15.0. The molecule has 0 radical (unpaired) electrons. The van der Waals surface area contributed by atoms with Crippen LogP contribution in [0, 0.1) is 6.92 Å². The summed E-state index contributed by atoms with van der Waals surface area (Å²) < 4.78 is 87.8. The number of anilines is 2. The lowest BCUT2D eigenvalue weighted by Gasteiger charge is -2.16. The molecule has 4 rings (SSSR count). The lowest BCUT2D eigenvalue weighted by molar-refractivity contribution is -0.166. The standard InChI is InChI=1S/C38H31Br4F5N2O7/c1-18-4-23(7-26(5-18)48-19(2)50)16-54-34-28(39)9-21(10-29(34)40)13-32(43)36(52)56-37(53)33(44)14-22-11-30(41)35(31(42)12-22)55-17-24-6-25(38(45,46)47)15-27(8-24)49-20(3)51/h4-12,15,32-33H,13-14,16-17H2,1-3H3,(H,48,50)(H,49,51). The first-order valence-corrected chi connectivity index (χ1v) is 19.5. The second kappa shape index (κ2) is 19.5. The van der Waals surface area contributed by atoms with Crippen LogP contribution in [0.1, 0.15) is 47.2 Å². The number of alkyl halides is 5. The second-order valence-corrected chi connectivity index (χ2v) is 15.8. The highest BCUT2D eigenvalue weighted by Gasteiger charge is 2.32. The maximum Gasteiger partial charge on any atom is 0.416 e. The molecule has 0 heterocycles. The molecule has 0 spiro atoms. The number of hydrogen-bond acceptors (Lipinski definition) is 7. The van der Waals surface area contributed by atoms with Crippen LogP contribution in [0.3, 0.4) is 0 Å². The van der Waals surface area contributed by atoms with E-state index in [0.29, 0.717) is 25.9 Å².